The third-order valence-corrected chi connectivity index (χ3v) is 5.76. The van der Waals surface area contributed by atoms with E-state index in [4.69, 9.17) is 0 Å². The number of aromatic nitrogens is 2. The molecule has 0 bridgehead atoms. The number of hydrogen-bond acceptors (Lipinski definition) is 5. The minimum Gasteiger partial charge on any atom is -0.336 e. The molecule has 2 amide bonds. The predicted molar refractivity (Wildman–Crippen MR) is 101 cm³/mol. The van der Waals surface area contributed by atoms with Gasteiger partial charge < -0.3 is 9.80 Å². The van der Waals surface area contributed by atoms with Crippen LogP contribution in [0.15, 0.2) is 24.5 Å². The van der Waals surface area contributed by atoms with Crippen LogP contribution >= 0.6 is 11.3 Å². The lowest BCUT2D eigenvalue weighted by atomic mass is 10.0. The first-order valence-electron chi connectivity index (χ1n) is 8.85. The second-order valence-electron chi connectivity index (χ2n) is 6.70. The summed E-state index contributed by atoms with van der Waals surface area (Å²) in [6, 6.07) is 3.87. The van der Waals surface area contributed by atoms with E-state index in [1.807, 2.05) is 35.8 Å². The summed E-state index contributed by atoms with van der Waals surface area (Å²) in [5.74, 6) is 0.0562. The predicted octanol–water partition coefficient (Wildman–Crippen LogP) is 2.81. The summed E-state index contributed by atoms with van der Waals surface area (Å²) in [7, 11) is 0. The molecule has 0 unspecified atom stereocenters. The fourth-order valence-corrected chi connectivity index (χ4v) is 4.34. The van der Waals surface area contributed by atoms with E-state index < -0.39 is 0 Å². The number of aryl methyl sites for hydroxylation is 2. The summed E-state index contributed by atoms with van der Waals surface area (Å²) in [4.78, 5) is 38.1. The maximum atomic E-state index is 12.9. The molecule has 0 aliphatic carbocycles. The number of amides is 2. The Morgan fingerprint density at radius 1 is 1.38 bits per heavy atom. The average Bonchev–Trinajstić information content (AvgIpc) is 2.98. The number of likely N-dealkylation sites (tertiary alicyclic amines) is 1. The molecule has 6 nitrogen and oxygen atoms in total. The zero-order chi connectivity index (χ0) is 18.7. The molecule has 26 heavy (non-hydrogen) atoms. The second-order valence-corrected chi connectivity index (χ2v) is 7.91. The Kier molecular flexibility index (Phi) is 5.66. The monoisotopic (exact) mass is 372 g/mol. The first-order valence-corrected chi connectivity index (χ1v) is 9.66. The highest BCUT2D eigenvalue weighted by Crippen LogP contribution is 2.24. The Bertz CT molecular complexity index is 790. The van der Waals surface area contributed by atoms with Gasteiger partial charge in [-0.3, -0.25) is 14.6 Å². The quantitative estimate of drug-likeness (QED) is 0.828. The van der Waals surface area contributed by atoms with E-state index in [-0.39, 0.29) is 17.9 Å². The van der Waals surface area contributed by atoms with Gasteiger partial charge in [0.2, 0.25) is 5.91 Å². The number of rotatable bonds is 4. The molecule has 0 radical (unpaired) electrons. The van der Waals surface area contributed by atoms with E-state index in [1.165, 1.54) is 11.3 Å². The molecule has 1 fully saturated rings. The standard InChI is InChI=1S/C19H24N4O2S/c1-13-18(26-14(2)21-13)19(25)22-9-5-7-17(12-22)23(15(3)24)11-16-6-4-8-20-10-16/h4,6,8,10,17H,5,7,9,11-12H2,1-3H3/t17-/m0/s1. The molecule has 0 N–H and O–H groups in total. The van der Waals surface area contributed by atoms with Gasteiger partial charge in [0.15, 0.2) is 0 Å². The molecule has 0 aromatic carbocycles. The molecule has 1 saturated heterocycles. The number of thiazole rings is 1. The summed E-state index contributed by atoms with van der Waals surface area (Å²) in [5, 5.41) is 0.904. The van der Waals surface area contributed by atoms with Gasteiger partial charge in [-0.25, -0.2) is 4.98 Å². The van der Waals surface area contributed by atoms with Crippen molar-refractivity contribution in [3.63, 3.8) is 0 Å². The topological polar surface area (TPSA) is 66.4 Å². The van der Waals surface area contributed by atoms with Gasteiger partial charge in [-0.2, -0.15) is 0 Å². The van der Waals surface area contributed by atoms with Crippen molar-refractivity contribution in [2.75, 3.05) is 13.1 Å². The normalized spacial score (nSPS) is 17.2. The van der Waals surface area contributed by atoms with Crippen LogP contribution in [0.25, 0.3) is 0 Å². The fraction of sp³-hybridized carbons (Fsp3) is 0.474. The Labute approximate surface area is 157 Å². The number of carbonyl (C=O) groups is 2. The summed E-state index contributed by atoms with van der Waals surface area (Å²) in [6.07, 6.45) is 5.31. The van der Waals surface area contributed by atoms with E-state index in [1.54, 1.807) is 19.3 Å². The highest BCUT2D eigenvalue weighted by Gasteiger charge is 2.31. The van der Waals surface area contributed by atoms with Crippen molar-refractivity contribution in [1.29, 1.82) is 0 Å². The van der Waals surface area contributed by atoms with Crippen molar-refractivity contribution < 1.29 is 9.59 Å². The summed E-state index contributed by atoms with van der Waals surface area (Å²) < 4.78 is 0. The molecule has 3 rings (SSSR count). The largest absolute Gasteiger partial charge is 0.336 e. The van der Waals surface area contributed by atoms with Crippen molar-refractivity contribution >= 4 is 23.2 Å². The van der Waals surface area contributed by atoms with Gasteiger partial charge in [-0.05, 0) is 38.3 Å². The van der Waals surface area contributed by atoms with Crippen molar-refractivity contribution in [3.8, 4) is 0 Å². The first-order chi connectivity index (χ1) is 12.5. The highest BCUT2D eigenvalue weighted by molar-refractivity contribution is 7.13. The Hall–Kier alpha value is -2.28. The van der Waals surface area contributed by atoms with Crippen LogP contribution in [-0.2, 0) is 11.3 Å². The van der Waals surface area contributed by atoms with Gasteiger partial charge in [-0.15, -0.1) is 11.3 Å². The fourth-order valence-electron chi connectivity index (χ4n) is 3.45. The highest BCUT2D eigenvalue weighted by atomic mass is 32.1. The van der Waals surface area contributed by atoms with Gasteiger partial charge in [0, 0.05) is 45.0 Å². The van der Waals surface area contributed by atoms with Gasteiger partial charge in [0.1, 0.15) is 4.88 Å². The van der Waals surface area contributed by atoms with Crippen LogP contribution in [0.2, 0.25) is 0 Å². The number of nitrogens with zero attached hydrogens (tertiary/aromatic N) is 4. The van der Waals surface area contributed by atoms with E-state index in [2.05, 4.69) is 9.97 Å². The number of hydrogen-bond donors (Lipinski definition) is 0. The molecular weight excluding hydrogens is 348 g/mol. The summed E-state index contributed by atoms with van der Waals surface area (Å²) in [6.45, 7) is 7.20. The lowest BCUT2D eigenvalue weighted by molar-refractivity contribution is -0.132. The van der Waals surface area contributed by atoms with Crippen LogP contribution in [0.5, 0.6) is 0 Å². The van der Waals surface area contributed by atoms with Crippen LogP contribution in [0, 0.1) is 13.8 Å². The minimum atomic E-state index is 0.0259. The van der Waals surface area contributed by atoms with Crippen LogP contribution in [0.1, 0.15) is 45.7 Å². The molecule has 1 atom stereocenters. The molecule has 3 heterocycles. The lowest BCUT2D eigenvalue weighted by Crippen LogP contribution is -2.50. The lowest BCUT2D eigenvalue weighted by Gasteiger charge is -2.39. The van der Waals surface area contributed by atoms with Gasteiger partial charge in [0.05, 0.1) is 10.7 Å². The average molecular weight is 372 g/mol. The van der Waals surface area contributed by atoms with Crippen molar-refractivity contribution in [2.45, 2.75) is 46.2 Å². The maximum Gasteiger partial charge on any atom is 0.265 e. The third kappa shape index (κ3) is 4.09. The third-order valence-electron chi connectivity index (χ3n) is 4.70. The van der Waals surface area contributed by atoms with Gasteiger partial charge >= 0.3 is 0 Å². The number of pyridine rings is 1. The Morgan fingerprint density at radius 2 is 2.19 bits per heavy atom. The SMILES string of the molecule is CC(=O)N(Cc1cccnc1)[C@H]1CCCN(C(=O)c2sc(C)nc2C)C1. The van der Waals surface area contributed by atoms with Gasteiger partial charge in [0.25, 0.3) is 5.91 Å². The van der Waals surface area contributed by atoms with E-state index in [0.717, 1.165) is 35.7 Å². The van der Waals surface area contributed by atoms with E-state index in [9.17, 15) is 9.59 Å². The minimum absolute atomic E-state index is 0.0259. The summed E-state index contributed by atoms with van der Waals surface area (Å²) in [5.41, 5.74) is 1.79. The molecule has 1 aliphatic rings. The zero-order valence-corrected chi connectivity index (χ0v) is 16.3. The first kappa shape index (κ1) is 18.5. The molecule has 2 aromatic rings. The van der Waals surface area contributed by atoms with Crippen LogP contribution in [-0.4, -0.2) is 50.7 Å². The van der Waals surface area contributed by atoms with Crippen molar-refractivity contribution in [1.82, 2.24) is 19.8 Å². The van der Waals surface area contributed by atoms with Crippen LogP contribution in [0.4, 0.5) is 0 Å². The zero-order valence-electron chi connectivity index (χ0n) is 15.4. The maximum absolute atomic E-state index is 12.9. The van der Waals surface area contributed by atoms with Gasteiger partial charge in [-0.1, -0.05) is 6.07 Å². The molecule has 0 saturated carbocycles. The van der Waals surface area contributed by atoms with Crippen LogP contribution < -0.4 is 0 Å². The molecule has 0 spiro atoms. The van der Waals surface area contributed by atoms with E-state index >= 15 is 0 Å². The summed E-state index contributed by atoms with van der Waals surface area (Å²) >= 11 is 1.44. The van der Waals surface area contributed by atoms with E-state index in [0.29, 0.717) is 18.0 Å². The number of piperidine rings is 1. The molecular formula is C19H24N4O2S. The molecule has 7 heteroatoms. The van der Waals surface area contributed by atoms with Crippen molar-refractivity contribution in [2.24, 2.45) is 0 Å². The number of carbonyl (C=O) groups excluding carboxylic acids is 2. The van der Waals surface area contributed by atoms with Crippen molar-refractivity contribution in [3.05, 3.63) is 45.7 Å². The molecule has 2 aromatic heterocycles. The molecule has 1 aliphatic heterocycles. The molecule has 138 valence electrons. The van der Waals surface area contributed by atoms with Crippen LogP contribution in [0.3, 0.4) is 0 Å². The Morgan fingerprint density at radius 3 is 2.81 bits per heavy atom. The second kappa shape index (κ2) is 7.95. The Balaban J connectivity index is 1.74. The smallest absolute Gasteiger partial charge is 0.265 e.